The van der Waals surface area contributed by atoms with Gasteiger partial charge in [-0.2, -0.15) is 18.4 Å². The van der Waals surface area contributed by atoms with E-state index in [2.05, 4.69) is 14.7 Å². The molecule has 3 aromatic rings. The highest BCUT2D eigenvalue weighted by atomic mass is 32.2. The molecule has 5 rings (SSSR count). The zero-order valence-electron chi connectivity index (χ0n) is 17.3. The van der Waals surface area contributed by atoms with E-state index in [-0.39, 0.29) is 17.8 Å². The molecule has 2 fully saturated rings. The van der Waals surface area contributed by atoms with Crippen molar-refractivity contribution in [3.63, 3.8) is 0 Å². The van der Waals surface area contributed by atoms with Gasteiger partial charge in [0.05, 0.1) is 22.1 Å². The van der Waals surface area contributed by atoms with Crippen LogP contribution in [0.3, 0.4) is 0 Å². The number of nitrogens with zero attached hydrogens (tertiary/aromatic N) is 4. The summed E-state index contributed by atoms with van der Waals surface area (Å²) in [7, 11) is -1.19. The Morgan fingerprint density at radius 1 is 1.27 bits per heavy atom. The Morgan fingerprint density at radius 3 is 2.64 bits per heavy atom. The molecule has 33 heavy (non-hydrogen) atoms. The van der Waals surface area contributed by atoms with E-state index in [0.29, 0.717) is 16.6 Å². The molecule has 2 aliphatic rings. The van der Waals surface area contributed by atoms with Gasteiger partial charge in [0, 0.05) is 35.6 Å². The van der Waals surface area contributed by atoms with Gasteiger partial charge in [-0.3, -0.25) is 0 Å². The van der Waals surface area contributed by atoms with Gasteiger partial charge >= 0.3 is 6.18 Å². The third kappa shape index (κ3) is 4.02. The fourth-order valence-electron chi connectivity index (χ4n) is 4.04. The first-order chi connectivity index (χ1) is 15.8. The molecule has 1 N–H and O–H groups in total. The highest BCUT2D eigenvalue weighted by Crippen LogP contribution is 2.41. The smallest absolute Gasteiger partial charge is 0.329 e. The number of aromatic nitrogens is 3. The van der Waals surface area contributed by atoms with E-state index in [0.717, 1.165) is 50.4 Å². The third-order valence-corrected chi connectivity index (χ3v) is 7.65. The lowest BCUT2D eigenvalue weighted by molar-refractivity contribution is -0.137. The zero-order valence-corrected chi connectivity index (χ0v) is 18.1. The fourth-order valence-corrected chi connectivity index (χ4v) is 5.14. The van der Waals surface area contributed by atoms with Crippen LogP contribution in [0.2, 0.25) is 0 Å². The van der Waals surface area contributed by atoms with E-state index >= 15 is 4.39 Å². The average molecular weight is 477 g/mol. The van der Waals surface area contributed by atoms with E-state index in [4.69, 9.17) is 0 Å². The molecule has 2 saturated carbocycles. The van der Waals surface area contributed by atoms with Crippen molar-refractivity contribution >= 4 is 22.0 Å². The van der Waals surface area contributed by atoms with Crippen LogP contribution >= 0.6 is 0 Å². The minimum Gasteiger partial charge on any atom is -0.329 e. The second-order valence-corrected chi connectivity index (χ2v) is 9.90. The van der Waals surface area contributed by atoms with E-state index in [9.17, 15) is 22.6 Å². The highest BCUT2D eigenvalue weighted by Gasteiger charge is 2.37. The first-order valence-corrected chi connectivity index (χ1v) is 11.8. The zero-order chi connectivity index (χ0) is 23.3. The Labute approximate surface area is 189 Å². The van der Waals surface area contributed by atoms with Gasteiger partial charge in [-0.1, -0.05) is 0 Å². The number of rotatable bonds is 6. The van der Waals surface area contributed by atoms with Gasteiger partial charge in [-0.15, -0.1) is 0 Å². The van der Waals surface area contributed by atoms with Crippen LogP contribution in [0.1, 0.15) is 55.0 Å². The molecule has 1 unspecified atom stereocenters. The molecule has 172 valence electrons. The summed E-state index contributed by atoms with van der Waals surface area (Å²) in [5, 5.41) is 9.94. The Hall–Kier alpha value is -2.84. The van der Waals surface area contributed by atoms with Crippen LogP contribution in [0, 0.1) is 17.1 Å². The van der Waals surface area contributed by atoms with E-state index < -0.39 is 45.5 Å². The summed E-state index contributed by atoms with van der Waals surface area (Å²) in [5.74, 6) is -0.978. The van der Waals surface area contributed by atoms with E-state index in [1.165, 1.54) is 0 Å². The van der Waals surface area contributed by atoms with Crippen LogP contribution in [-0.2, 0) is 23.7 Å². The summed E-state index contributed by atoms with van der Waals surface area (Å²) in [6.07, 6.45) is 2.44. The van der Waals surface area contributed by atoms with E-state index in [1.54, 1.807) is 12.3 Å². The van der Waals surface area contributed by atoms with Crippen LogP contribution in [-0.4, -0.2) is 24.0 Å². The van der Waals surface area contributed by atoms with Gasteiger partial charge in [-0.05, 0) is 49.8 Å². The third-order valence-electron chi connectivity index (χ3n) is 6.14. The predicted molar refractivity (Wildman–Crippen MR) is 114 cm³/mol. The topological polar surface area (TPSA) is 83.6 Å². The van der Waals surface area contributed by atoms with Gasteiger partial charge in [0.1, 0.15) is 23.2 Å². The van der Waals surface area contributed by atoms with Crippen LogP contribution in [0.5, 0.6) is 0 Å². The molecule has 0 bridgehead atoms. The van der Waals surface area contributed by atoms with Crippen molar-refractivity contribution in [3.05, 3.63) is 47.2 Å². The van der Waals surface area contributed by atoms with Crippen molar-refractivity contribution in [1.29, 1.82) is 5.26 Å². The molecular formula is C22H19F4N5OS. The maximum Gasteiger partial charge on any atom is 0.417 e. The molecule has 1 atom stereocenters. The van der Waals surface area contributed by atoms with Gasteiger partial charge in [0.15, 0.2) is 5.69 Å². The van der Waals surface area contributed by atoms with Gasteiger partial charge in [0.2, 0.25) is 0 Å². The SMILES string of the molecule is N#Cc1nccc(C(F)(F)F)c1-c1nc2c(cc1F)c(CNS(=O)C1CC1)cn2C1CCC1. The normalized spacial score (nSPS) is 17.7. The number of fused-ring (bicyclic) bond motifs is 1. The van der Waals surface area contributed by atoms with Crippen molar-refractivity contribution in [1.82, 2.24) is 19.3 Å². The Balaban J connectivity index is 1.66. The number of pyridine rings is 2. The Bertz CT molecular complexity index is 1300. The minimum atomic E-state index is -4.81. The highest BCUT2D eigenvalue weighted by molar-refractivity contribution is 7.83. The quantitative estimate of drug-likeness (QED) is 0.519. The summed E-state index contributed by atoms with van der Waals surface area (Å²) in [5.41, 5.74) is -1.91. The Kier molecular flexibility index (Phi) is 5.45. The number of nitriles is 1. The summed E-state index contributed by atoms with van der Waals surface area (Å²) in [6.45, 7) is 0.226. The van der Waals surface area contributed by atoms with Gasteiger partial charge < -0.3 is 4.57 Å². The van der Waals surface area contributed by atoms with Crippen LogP contribution in [0.25, 0.3) is 22.3 Å². The average Bonchev–Trinajstić information content (AvgIpc) is 3.54. The number of halogens is 4. The van der Waals surface area contributed by atoms with Crippen molar-refractivity contribution in [3.8, 4) is 17.3 Å². The number of nitrogens with one attached hydrogen (secondary N) is 1. The summed E-state index contributed by atoms with van der Waals surface area (Å²) >= 11 is 0. The molecule has 3 heterocycles. The Morgan fingerprint density at radius 2 is 2.03 bits per heavy atom. The largest absolute Gasteiger partial charge is 0.417 e. The van der Waals surface area contributed by atoms with Crippen molar-refractivity contribution in [2.45, 2.75) is 56.1 Å². The molecule has 2 aliphatic carbocycles. The maximum absolute atomic E-state index is 15.3. The molecule has 0 aliphatic heterocycles. The molecule has 11 heteroatoms. The van der Waals surface area contributed by atoms with Crippen molar-refractivity contribution < 1.29 is 21.8 Å². The number of alkyl halides is 3. The second kappa shape index (κ2) is 8.18. The lowest BCUT2D eigenvalue weighted by Crippen LogP contribution is -2.20. The lowest BCUT2D eigenvalue weighted by Gasteiger charge is -2.27. The number of hydrogen-bond acceptors (Lipinski definition) is 4. The minimum absolute atomic E-state index is 0.104. The monoisotopic (exact) mass is 477 g/mol. The molecule has 6 nitrogen and oxygen atoms in total. The summed E-state index contributed by atoms with van der Waals surface area (Å²) < 4.78 is 73.3. The predicted octanol–water partition coefficient (Wildman–Crippen LogP) is 4.77. The molecule has 0 saturated heterocycles. The summed E-state index contributed by atoms with van der Waals surface area (Å²) in [4.78, 5) is 8.03. The summed E-state index contributed by atoms with van der Waals surface area (Å²) in [6, 6.07) is 3.60. The van der Waals surface area contributed by atoms with Crippen molar-refractivity contribution in [2.75, 3.05) is 0 Å². The first-order valence-electron chi connectivity index (χ1n) is 10.6. The van der Waals surface area contributed by atoms with Crippen LogP contribution in [0.4, 0.5) is 17.6 Å². The van der Waals surface area contributed by atoms with Gasteiger partial charge in [-0.25, -0.2) is 23.3 Å². The fraction of sp³-hybridized carbons (Fsp3) is 0.409. The molecular weight excluding hydrogens is 458 g/mol. The number of hydrogen-bond donors (Lipinski definition) is 1. The molecule has 0 spiro atoms. The standard InChI is InChI=1S/C22H19F4N5OS/c23-17-8-15-12(10-29-33(32)14-4-5-14)11-31(13-2-1-3-13)21(15)30-20(17)19-16(22(24,25)26)6-7-28-18(19)9-27/h6-8,11,13-14,29H,1-5,10H2. The molecule has 3 aromatic heterocycles. The second-order valence-electron chi connectivity index (χ2n) is 8.35. The van der Waals surface area contributed by atoms with Gasteiger partial charge in [0.25, 0.3) is 0 Å². The van der Waals surface area contributed by atoms with E-state index in [1.807, 2.05) is 4.57 Å². The molecule has 0 radical (unpaired) electrons. The molecule has 0 aromatic carbocycles. The lowest BCUT2D eigenvalue weighted by atomic mass is 9.93. The van der Waals surface area contributed by atoms with Crippen molar-refractivity contribution in [2.24, 2.45) is 0 Å². The molecule has 0 amide bonds. The van der Waals surface area contributed by atoms with Crippen LogP contribution < -0.4 is 4.72 Å². The first kappa shape index (κ1) is 22.0. The maximum atomic E-state index is 15.3. The van der Waals surface area contributed by atoms with Crippen LogP contribution in [0.15, 0.2) is 24.5 Å².